The van der Waals surface area contributed by atoms with E-state index in [2.05, 4.69) is 103 Å². The third kappa shape index (κ3) is 2.46. The van der Waals surface area contributed by atoms with Gasteiger partial charge in [-0.2, -0.15) is 0 Å². The third-order valence-electron chi connectivity index (χ3n) is 4.87. The lowest BCUT2D eigenvalue weighted by molar-refractivity contribution is 1.43. The highest BCUT2D eigenvalue weighted by atomic mass is 14.7. The molecule has 0 aliphatic rings. The first-order valence-corrected chi connectivity index (χ1v) is 8.83. The van der Waals surface area contributed by atoms with Gasteiger partial charge in [-0.3, -0.25) is 0 Å². The highest BCUT2D eigenvalue weighted by Crippen LogP contribution is 2.26. The van der Waals surface area contributed by atoms with Crippen molar-refractivity contribution in [2.75, 3.05) is 0 Å². The average Bonchev–Trinajstić information content (AvgIpc) is 2.86. The molecule has 1 heteroatoms. The Morgan fingerprint density at radius 1 is 0.385 bits per heavy atom. The maximum absolute atomic E-state index is 5.17. The molecule has 5 aromatic rings. The SMILES string of the molecule is c1ccc2c(N=c3c4ccccc4ccc4ccccc34)cccc2c1. The van der Waals surface area contributed by atoms with E-state index in [1.807, 2.05) is 0 Å². The van der Waals surface area contributed by atoms with E-state index >= 15 is 0 Å². The number of fused-ring (bicyclic) bond motifs is 3. The molecule has 0 unspecified atom stereocenters. The van der Waals surface area contributed by atoms with Crippen molar-refractivity contribution >= 4 is 38.0 Å². The molecule has 0 saturated carbocycles. The summed E-state index contributed by atoms with van der Waals surface area (Å²) < 4.78 is 0. The monoisotopic (exact) mass is 331 g/mol. The standard InChI is InChI=1S/C25H17N/c1-4-12-21-18(8-1)11-7-15-24(21)26-25-22-13-5-2-9-19(22)16-17-20-10-3-6-14-23(20)25/h1-17H. The number of rotatable bonds is 1. The van der Waals surface area contributed by atoms with Crippen molar-refractivity contribution in [2.24, 2.45) is 4.99 Å². The Morgan fingerprint density at radius 3 is 1.46 bits per heavy atom. The fraction of sp³-hybridized carbons (Fsp3) is 0. The summed E-state index contributed by atoms with van der Waals surface area (Å²) in [5.74, 6) is 0. The number of hydrogen-bond donors (Lipinski definition) is 0. The van der Waals surface area contributed by atoms with Crippen LogP contribution in [0.3, 0.4) is 0 Å². The molecule has 0 N–H and O–H groups in total. The largest absolute Gasteiger partial charge is 0.247 e. The fourth-order valence-electron chi connectivity index (χ4n) is 3.59. The van der Waals surface area contributed by atoms with Gasteiger partial charge in [0.05, 0.1) is 11.0 Å². The summed E-state index contributed by atoms with van der Waals surface area (Å²) in [5.41, 5.74) is 1.00. The van der Waals surface area contributed by atoms with Gasteiger partial charge in [0.25, 0.3) is 0 Å². The predicted molar refractivity (Wildman–Crippen MR) is 111 cm³/mol. The van der Waals surface area contributed by atoms with E-state index in [4.69, 9.17) is 4.99 Å². The normalized spacial score (nSPS) is 11.1. The molecular weight excluding hydrogens is 314 g/mol. The first kappa shape index (κ1) is 14.9. The lowest BCUT2D eigenvalue weighted by atomic mass is 10.1. The number of hydrogen-bond acceptors (Lipinski definition) is 1. The zero-order valence-corrected chi connectivity index (χ0v) is 14.3. The van der Waals surface area contributed by atoms with Crippen LogP contribution in [-0.2, 0) is 0 Å². The fourth-order valence-corrected chi connectivity index (χ4v) is 3.59. The summed E-state index contributed by atoms with van der Waals surface area (Å²) in [4.78, 5) is 5.17. The van der Waals surface area contributed by atoms with Crippen molar-refractivity contribution in [1.29, 1.82) is 0 Å². The van der Waals surface area contributed by atoms with E-state index in [0.29, 0.717) is 0 Å². The summed E-state index contributed by atoms with van der Waals surface area (Å²) in [5, 5.41) is 8.14. The van der Waals surface area contributed by atoms with Crippen molar-refractivity contribution in [1.82, 2.24) is 0 Å². The van der Waals surface area contributed by atoms with Gasteiger partial charge >= 0.3 is 0 Å². The van der Waals surface area contributed by atoms with Crippen molar-refractivity contribution in [3.63, 3.8) is 0 Å². The van der Waals surface area contributed by atoms with Crippen LogP contribution in [0.4, 0.5) is 5.69 Å². The van der Waals surface area contributed by atoms with E-state index in [1.54, 1.807) is 0 Å². The van der Waals surface area contributed by atoms with Gasteiger partial charge in [0.2, 0.25) is 0 Å². The van der Waals surface area contributed by atoms with E-state index in [9.17, 15) is 0 Å². The molecule has 122 valence electrons. The van der Waals surface area contributed by atoms with Crippen LogP contribution in [0, 0.1) is 0 Å². The van der Waals surface area contributed by atoms with E-state index in [0.717, 1.165) is 11.0 Å². The van der Waals surface area contributed by atoms with Crippen molar-refractivity contribution in [2.45, 2.75) is 0 Å². The number of nitrogens with zero attached hydrogens (tertiary/aromatic N) is 1. The van der Waals surface area contributed by atoms with Crippen LogP contribution in [0.2, 0.25) is 0 Å². The molecule has 0 aliphatic heterocycles. The van der Waals surface area contributed by atoms with Gasteiger partial charge in [0.15, 0.2) is 0 Å². The zero-order chi connectivity index (χ0) is 17.3. The molecule has 0 heterocycles. The summed E-state index contributed by atoms with van der Waals surface area (Å²) in [6.45, 7) is 0. The van der Waals surface area contributed by atoms with E-state index in [-0.39, 0.29) is 0 Å². The average molecular weight is 331 g/mol. The third-order valence-corrected chi connectivity index (χ3v) is 4.87. The summed E-state index contributed by atoms with van der Waals surface area (Å²) >= 11 is 0. The maximum Gasteiger partial charge on any atom is 0.0793 e. The van der Waals surface area contributed by atoms with Crippen LogP contribution in [0.15, 0.2) is 108 Å². The van der Waals surface area contributed by atoms with Crippen LogP contribution in [0.5, 0.6) is 0 Å². The number of benzene rings is 4. The molecule has 5 rings (SSSR count). The second kappa shape index (κ2) is 6.12. The zero-order valence-electron chi connectivity index (χ0n) is 14.3. The molecule has 0 amide bonds. The lowest BCUT2D eigenvalue weighted by Crippen LogP contribution is -2.01. The predicted octanol–water partition coefficient (Wildman–Crippen LogP) is 6.38. The van der Waals surface area contributed by atoms with Crippen LogP contribution >= 0.6 is 0 Å². The Labute approximate surface area is 151 Å². The van der Waals surface area contributed by atoms with Crippen molar-refractivity contribution in [3.8, 4) is 0 Å². The second-order valence-electron chi connectivity index (χ2n) is 6.47. The van der Waals surface area contributed by atoms with Crippen LogP contribution in [0.25, 0.3) is 32.3 Å². The van der Waals surface area contributed by atoms with E-state index in [1.165, 1.54) is 32.3 Å². The first-order valence-electron chi connectivity index (χ1n) is 8.83. The molecule has 1 nitrogen and oxygen atoms in total. The quantitative estimate of drug-likeness (QED) is 0.338. The Morgan fingerprint density at radius 2 is 0.846 bits per heavy atom. The van der Waals surface area contributed by atoms with Gasteiger partial charge < -0.3 is 0 Å². The molecule has 0 aliphatic carbocycles. The summed E-state index contributed by atoms with van der Waals surface area (Å²) in [6, 6.07) is 36.0. The Bertz CT molecular complexity index is 1270. The highest BCUT2D eigenvalue weighted by Gasteiger charge is 2.03. The molecule has 0 atom stereocenters. The van der Waals surface area contributed by atoms with Crippen molar-refractivity contribution in [3.05, 3.63) is 108 Å². The molecule has 0 radical (unpaired) electrons. The van der Waals surface area contributed by atoms with Gasteiger partial charge in [-0.05, 0) is 22.2 Å². The van der Waals surface area contributed by atoms with Gasteiger partial charge in [0.1, 0.15) is 0 Å². The van der Waals surface area contributed by atoms with Crippen LogP contribution in [-0.4, -0.2) is 0 Å². The molecule has 0 saturated heterocycles. The first-order chi connectivity index (χ1) is 12.9. The van der Waals surface area contributed by atoms with Crippen LogP contribution in [0.1, 0.15) is 0 Å². The minimum absolute atomic E-state index is 1.00. The molecule has 26 heavy (non-hydrogen) atoms. The molecule has 0 aromatic heterocycles. The molecule has 0 bridgehead atoms. The van der Waals surface area contributed by atoms with Gasteiger partial charge in [-0.15, -0.1) is 0 Å². The minimum atomic E-state index is 1.00. The Balaban J connectivity index is 2.00. The lowest BCUT2D eigenvalue weighted by Gasteiger charge is -2.02. The topological polar surface area (TPSA) is 12.4 Å². The molecular formula is C25H17N. The molecule has 0 spiro atoms. The van der Waals surface area contributed by atoms with Gasteiger partial charge in [-0.25, -0.2) is 4.99 Å². The van der Waals surface area contributed by atoms with Gasteiger partial charge in [-0.1, -0.05) is 97.1 Å². The Hall–Kier alpha value is -3.45. The minimum Gasteiger partial charge on any atom is -0.247 e. The van der Waals surface area contributed by atoms with Crippen LogP contribution < -0.4 is 5.36 Å². The summed E-state index contributed by atoms with van der Waals surface area (Å²) in [6.07, 6.45) is 0. The van der Waals surface area contributed by atoms with E-state index < -0.39 is 0 Å². The smallest absolute Gasteiger partial charge is 0.0793 e. The maximum atomic E-state index is 5.17. The Kier molecular flexibility index (Phi) is 3.50. The second-order valence-corrected chi connectivity index (χ2v) is 6.47. The highest BCUT2D eigenvalue weighted by molar-refractivity contribution is 5.95. The van der Waals surface area contributed by atoms with Crippen molar-refractivity contribution < 1.29 is 0 Å². The van der Waals surface area contributed by atoms with Gasteiger partial charge in [0, 0.05) is 16.2 Å². The molecule has 0 fully saturated rings. The summed E-state index contributed by atoms with van der Waals surface area (Å²) in [7, 11) is 0. The molecule has 5 aromatic carbocycles.